The zero-order valence-corrected chi connectivity index (χ0v) is 11.0. The first-order valence-corrected chi connectivity index (χ1v) is 6.43. The molecule has 4 nitrogen and oxygen atoms in total. The molecule has 1 aliphatic rings. The van der Waals surface area contributed by atoms with E-state index in [-0.39, 0.29) is 11.9 Å². The van der Waals surface area contributed by atoms with E-state index in [9.17, 15) is 4.79 Å². The van der Waals surface area contributed by atoms with Gasteiger partial charge in [0.1, 0.15) is 0 Å². The van der Waals surface area contributed by atoms with Gasteiger partial charge in [-0.2, -0.15) is 0 Å². The molecule has 98 valence electrons. The van der Waals surface area contributed by atoms with Gasteiger partial charge in [-0.15, -0.1) is 0 Å². The van der Waals surface area contributed by atoms with Crippen molar-refractivity contribution in [2.24, 2.45) is 0 Å². The van der Waals surface area contributed by atoms with Crippen molar-refractivity contribution >= 4 is 11.6 Å². The summed E-state index contributed by atoms with van der Waals surface area (Å²) in [6, 6.07) is 7.82. The van der Waals surface area contributed by atoms with Crippen molar-refractivity contribution in [1.29, 1.82) is 0 Å². The lowest BCUT2D eigenvalue weighted by Crippen LogP contribution is -2.48. The number of nitrogens with zero attached hydrogens (tertiary/aromatic N) is 1. The minimum Gasteiger partial charge on any atom is -0.387 e. The van der Waals surface area contributed by atoms with Crippen LogP contribution in [0.4, 0.5) is 5.69 Å². The number of amides is 1. The lowest BCUT2D eigenvalue weighted by molar-refractivity contribution is -0.00274. The molecule has 0 radical (unpaired) electrons. The van der Waals surface area contributed by atoms with Gasteiger partial charge in [0.15, 0.2) is 0 Å². The van der Waals surface area contributed by atoms with E-state index in [4.69, 9.17) is 4.74 Å². The summed E-state index contributed by atoms with van der Waals surface area (Å²) in [7, 11) is 1.84. The predicted octanol–water partition coefficient (Wildman–Crippen LogP) is 1.98. The van der Waals surface area contributed by atoms with Gasteiger partial charge in [-0.1, -0.05) is 19.1 Å². The van der Waals surface area contributed by atoms with Gasteiger partial charge < -0.3 is 15.0 Å². The molecular weight excluding hydrogens is 228 g/mol. The summed E-state index contributed by atoms with van der Waals surface area (Å²) in [6.07, 6.45) is 0.924. The molecule has 1 amide bonds. The number of carbonyl (C=O) groups is 1. The molecule has 1 saturated heterocycles. The third-order valence-corrected chi connectivity index (χ3v) is 3.39. The zero-order chi connectivity index (χ0) is 13.0. The monoisotopic (exact) mass is 248 g/mol. The summed E-state index contributed by atoms with van der Waals surface area (Å²) in [5.41, 5.74) is 1.61. The minimum absolute atomic E-state index is 0.0927. The average molecular weight is 248 g/mol. The summed E-state index contributed by atoms with van der Waals surface area (Å²) < 4.78 is 5.44. The van der Waals surface area contributed by atoms with E-state index in [2.05, 4.69) is 12.2 Å². The highest BCUT2D eigenvalue weighted by Crippen LogP contribution is 2.20. The number of hydrogen-bond donors (Lipinski definition) is 1. The number of hydrogen-bond acceptors (Lipinski definition) is 3. The van der Waals surface area contributed by atoms with Gasteiger partial charge in [-0.05, 0) is 18.6 Å². The Morgan fingerprint density at radius 1 is 1.50 bits per heavy atom. The smallest absolute Gasteiger partial charge is 0.256 e. The number of anilines is 1. The van der Waals surface area contributed by atoms with Crippen LogP contribution in [0.25, 0.3) is 0 Å². The molecule has 0 aromatic heterocycles. The second kappa shape index (κ2) is 5.87. The number of para-hydroxylation sites is 1. The Bertz CT molecular complexity index is 420. The average Bonchev–Trinajstić information content (AvgIpc) is 2.46. The van der Waals surface area contributed by atoms with Gasteiger partial charge in [0.05, 0.1) is 24.8 Å². The summed E-state index contributed by atoms with van der Waals surface area (Å²) in [4.78, 5) is 14.5. The molecule has 0 bridgehead atoms. The Labute approximate surface area is 108 Å². The number of nitrogens with one attached hydrogen (secondary N) is 1. The maximum absolute atomic E-state index is 12.6. The van der Waals surface area contributed by atoms with Crippen LogP contribution in [0.5, 0.6) is 0 Å². The molecule has 1 N–H and O–H groups in total. The number of benzene rings is 1. The van der Waals surface area contributed by atoms with Crippen LogP contribution < -0.4 is 5.32 Å². The van der Waals surface area contributed by atoms with Crippen molar-refractivity contribution in [2.75, 3.05) is 32.1 Å². The van der Waals surface area contributed by atoms with Gasteiger partial charge in [-0.3, -0.25) is 4.79 Å². The summed E-state index contributed by atoms with van der Waals surface area (Å²) in [6.45, 7) is 4.03. The molecule has 1 aromatic carbocycles. The van der Waals surface area contributed by atoms with Gasteiger partial charge in [0.2, 0.25) is 0 Å². The maximum Gasteiger partial charge on any atom is 0.256 e. The Balaban J connectivity index is 2.24. The van der Waals surface area contributed by atoms with Crippen molar-refractivity contribution in [2.45, 2.75) is 19.4 Å². The van der Waals surface area contributed by atoms with Crippen LogP contribution in [0.2, 0.25) is 0 Å². The molecule has 1 aromatic rings. The predicted molar refractivity (Wildman–Crippen MR) is 71.9 cm³/mol. The number of carbonyl (C=O) groups excluding carboxylic acids is 1. The molecular formula is C14H20N2O2. The standard InChI is InChI=1S/C14H20N2O2/c1-3-11-10-18-9-8-16(11)14(17)12-6-4-5-7-13(12)15-2/h4-7,11,15H,3,8-10H2,1-2H3. The fraction of sp³-hybridized carbons (Fsp3) is 0.500. The van der Waals surface area contributed by atoms with E-state index < -0.39 is 0 Å². The molecule has 18 heavy (non-hydrogen) atoms. The highest BCUT2D eigenvalue weighted by atomic mass is 16.5. The van der Waals surface area contributed by atoms with Gasteiger partial charge in [0, 0.05) is 19.3 Å². The molecule has 0 spiro atoms. The lowest BCUT2D eigenvalue weighted by atomic mass is 10.1. The number of rotatable bonds is 3. The molecule has 1 atom stereocenters. The number of ether oxygens (including phenoxy) is 1. The SMILES string of the molecule is CCC1COCCN1C(=O)c1ccccc1NC. The van der Waals surface area contributed by atoms with E-state index in [0.29, 0.717) is 19.8 Å². The summed E-state index contributed by atoms with van der Waals surface area (Å²) in [5, 5.41) is 3.07. The summed E-state index contributed by atoms with van der Waals surface area (Å²) >= 11 is 0. The van der Waals surface area contributed by atoms with Gasteiger partial charge >= 0.3 is 0 Å². The normalized spacial score (nSPS) is 19.7. The molecule has 1 aliphatic heterocycles. The van der Waals surface area contributed by atoms with Crippen LogP contribution >= 0.6 is 0 Å². The second-order valence-corrected chi connectivity index (χ2v) is 4.43. The first-order valence-electron chi connectivity index (χ1n) is 6.43. The molecule has 1 unspecified atom stereocenters. The summed E-state index contributed by atoms with van der Waals surface area (Å²) in [5.74, 6) is 0.0927. The molecule has 4 heteroatoms. The molecule has 1 heterocycles. The number of morpholine rings is 1. The third kappa shape index (κ3) is 2.48. The quantitative estimate of drug-likeness (QED) is 0.889. The van der Waals surface area contributed by atoms with E-state index in [1.165, 1.54) is 0 Å². The Kier molecular flexibility index (Phi) is 4.20. The maximum atomic E-state index is 12.6. The zero-order valence-electron chi connectivity index (χ0n) is 11.0. The van der Waals surface area contributed by atoms with Gasteiger partial charge in [-0.25, -0.2) is 0 Å². The fourth-order valence-corrected chi connectivity index (χ4v) is 2.30. The molecule has 0 aliphatic carbocycles. The van der Waals surface area contributed by atoms with E-state index >= 15 is 0 Å². The van der Waals surface area contributed by atoms with Crippen LogP contribution in [0.1, 0.15) is 23.7 Å². The Morgan fingerprint density at radius 2 is 2.28 bits per heavy atom. The van der Waals surface area contributed by atoms with Crippen LogP contribution in [-0.4, -0.2) is 43.7 Å². The van der Waals surface area contributed by atoms with Crippen LogP contribution in [0.3, 0.4) is 0 Å². The van der Waals surface area contributed by atoms with Crippen molar-refractivity contribution in [3.05, 3.63) is 29.8 Å². The van der Waals surface area contributed by atoms with E-state index in [1.54, 1.807) is 0 Å². The Hall–Kier alpha value is -1.55. The third-order valence-electron chi connectivity index (χ3n) is 3.39. The molecule has 2 rings (SSSR count). The van der Waals surface area contributed by atoms with E-state index in [0.717, 1.165) is 17.7 Å². The van der Waals surface area contributed by atoms with Crippen LogP contribution in [0.15, 0.2) is 24.3 Å². The lowest BCUT2D eigenvalue weighted by Gasteiger charge is -2.35. The molecule has 0 saturated carbocycles. The van der Waals surface area contributed by atoms with Crippen molar-refractivity contribution < 1.29 is 9.53 Å². The molecule has 1 fully saturated rings. The topological polar surface area (TPSA) is 41.6 Å². The Morgan fingerprint density at radius 3 is 3.00 bits per heavy atom. The van der Waals surface area contributed by atoms with E-state index in [1.807, 2.05) is 36.2 Å². The van der Waals surface area contributed by atoms with Crippen molar-refractivity contribution in [3.8, 4) is 0 Å². The minimum atomic E-state index is 0.0927. The largest absolute Gasteiger partial charge is 0.387 e. The van der Waals surface area contributed by atoms with Crippen LogP contribution in [0, 0.1) is 0 Å². The van der Waals surface area contributed by atoms with Crippen LogP contribution in [-0.2, 0) is 4.74 Å². The van der Waals surface area contributed by atoms with Crippen molar-refractivity contribution in [3.63, 3.8) is 0 Å². The fourth-order valence-electron chi connectivity index (χ4n) is 2.30. The highest BCUT2D eigenvalue weighted by molar-refractivity contribution is 5.99. The first-order chi connectivity index (χ1) is 8.77. The van der Waals surface area contributed by atoms with Crippen molar-refractivity contribution in [1.82, 2.24) is 4.90 Å². The van der Waals surface area contributed by atoms with Gasteiger partial charge in [0.25, 0.3) is 5.91 Å². The first kappa shape index (κ1) is 12.9. The highest BCUT2D eigenvalue weighted by Gasteiger charge is 2.27. The second-order valence-electron chi connectivity index (χ2n) is 4.43.